The standard InChI is InChI=1S/C15H20O4/c1-8-4-12-10(9(2)14(17)19-12)6-15(3)7-18-13(16)5-11(8)15/h8,10-12H,2,4-7H2,1,3H3/t8-,10-,11+,12+,15-/m0/s1. The summed E-state index contributed by atoms with van der Waals surface area (Å²) in [5, 5.41) is 0. The van der Waals surface area contributed by atoms with E-state index in [-0.39, 0.29) is 29.4 Å². The summed E-state index contributed by atoms with van der Waals surface area (Å²) in [5.41, 5.74) is 0.528. The molecule has 1 aliphatic carbocycles. The Labute approximate surface area is 113 Å². The van der Waals surface area contributed by atoms with E-state index in [1.807, 2.05) is 0 Å². The number of hydrogen-bond acceptors (Lipinski definition) is 4. The molecule has 3 rings (SSSR count). The van der Waals surface area contributed by atoms with Crippen molar-refractivity contribution in [1.29, 1.82) is 0 Å². The second-order valence-corrected chi connectivity index (χ2v) is 6.62. The maximum Gasteiger partial charge on any atom is 0.334 e. The van der Waals surface area contributed by atoms with Gasteiger partial charge in [0, 0.05) is 23.3 Å². The highest BCUT2D eigenvalue weighted by atomic mass is 16.6. The van der Waals surface area contributed by atoms with Gasteiger partial charge in [-0.25, -0.2) is 4.79 Å². The Balaban J connectivity index is 1.93. The lowest BCUT2D eigenvalue weighted by molar-refractivity contribution is -0.162. The fourth-order valence-electron chi connectivity index (χ4n) is 4.11. The van der Waals surface area contributed by atoms with Crippen molar-refractivity contribution in [2.75, 3.05) is 6.61 Å². The first-order valence-corrected chi connectivity index (χ1v) is 6.96. The third-order valence-electron chi connectivity index (χ3n) is 5.24. The molecule has 3 aliphatic rings. The molecule has 2 heterocycles. The van der Waals surface area contributed by atoms with E-state index in [1.165, 1.54) is 0 Å². The molecule has 0 amide bonds. The summed E-state index contributed by atoms with van der Waals surface area (Å²) in [6, 6.07) is 0. The van der Waals surface area contributed by atoms with Crippen molar-refractivity contribution in [3.05, 3.63) is 12.2 Å². The maximum absolute atomic E-state index is 11.7. The summed E-state index contributed by atoms with van der Waals surface area (Å²) >= 11 is 0. The average Bonchev–Trinajstić information content (AvgIpc) is 2.54. The van der Waals surface area contributed by atoms with Crippen molar-refractivity contribution in [1.82, 2.24) is 0 Å². The van der Waals surface area contributed by atoms with Crippen molar-refractivity contribution in [3.8, 4) is 0 Å². The summed E-state index contributed by atoms with van der Waals surface area (Å²) in [6.07, 6.45) is 2.07. The molecule has 0 bridgehead atoms. The lowest BCUT2D eigenvalue weighted by Gasteiger charge is -2.42. The minimum Gasteiger partial charge on any atom is -0.465 e. The highest BCUT2D eigenvalue weighted by Crippen LogP contribution is 2.52. The van der Waals surface area contributed by atoms with E-state index < -0.39 is 0 Å². The molecule has 0 N–H and O–H groups in total. The molecule has 0 radical (unpaired) electrons. The van der Waals surface area contributed by atoms with E-state index in [4.69, 9.17) is 9.47 Å². The number of hydrogen-bond donors (Lipinski definition) is 0. The molecule has 4 nitrogen and oxygen atoms in total. The van der Waals surface area contributed by atoms with Gasteiger partial charge in [-0.05, 0) is 24.7 Å². The Morgan fingerprint density at radius 2 is 2.11 bits per heavy atom. The van der Waals surface area contributed by atoms with E-state index in [9.17, 15) is 9.59 Å². The van der Waals surface area contributed by atoms with Gasteiger partial charge >= 0.3 is 11.9 Å². The zero-order valence-corrected chi connectivity index (χ0v) is 11.5. The molecule has 19 heavy (non-hydrogen) atoms. The zero-order valence-electron chi connectivity index (χ0n) is 11.5. The SMILES string of the molecule is C=C1C(=O)O[C@@H]2C[C@H](C)[C@H]3CC(=O)OC[C@]3(C)C[C@@H]12. The van der Waals surface area contributed by atoms with Gasteiger partial charge in [0.15, 0.2) is 0 Å². The van der Waals surface area contributed by atoms with E-state index in [2.05, 4.69) is 20.4 Å². The fourth-order valence-corrected chi connectivity index (χ4v) is 4.11. The molecule has 0 aromatic heterocycles. The summed E-state index contributed by atoms with van der Waals surface area (Å²) in [4.78, 5) is 23.2. The average molecular weight is 264 g/mol. The first kappa shape index (κ1) is 12.7. The van der Waals surface area contributed by atoms with Gasteiger partial charge in [0.2, 0.25) is 0 Å². The first-order chi connectivity index (χ1) is 8.90. The molecule has 4 heteroatoms. The van der Waals surface area contributed by atoms with Crippen LogP contribution in [0.5, 0.6) is 0 Å². The molecule has 3 fully saturated rings. The number of carbonyl (C=O) groups is 2. The number of rotatable bonds is 0. The number of ether oxygens (including phenoxy) is 2. The van der Waals surface area contributed by atoms with E-state index >= 15 is 0 Å². The van der Waals surface area contributed by atoms with Gasteiger partial charge in [0.25, 0.3) is 0 Å². The van der Waals surface area contributed by atoms with Crippen molar-refractivity contribution >= 4 is 11.9 Å². The van der Waals surface area contributed by atoms with Crippen LogP contribution in [0, 0.1) is 23.2 Å². The molecule has 0 aromatic carbocycles. The number of esters is 2. The third-order valence-corrected chi connectivity index (χ3v) is 5.24. The lowest BCUT2D eigenvalue weighted by atomic mass is 9.66. The minimum atomic E-state index is -0.253. The summed E-state index contributed by atoms with van der Waals surface area (Å²) in [5.74, 6) is 0.397. The van der Waals surface area contributed by atoms with Crippen LogP contribution in [0.1, 0.15) is 33.1 Å². The molecule has 5 atom stereocenters. The van der Waals surface area contributed by atoms with Gasteiger partial charge in [-0.3, -0.25) is 4.79 Å². The molecular formula is C15H20O4. The maximum atomic E-state index is 11.7. The monoisotopic (exact) mass is 264 g/mol. The van der Waals surface area contributed by atoms with E-state index in [1.54, 1.807) is 0 Å². The molecular weight excluding hydrogens is 244 g/mol. The predicted molar refractivity (Wildman–Crippen MR) is 68.1 cm³/mol. The van der Waals surface area contributed by atoms with Crippen molar-refractivity contribution in [3.63, 3.8) is 0 Å². The second kappa shape index (κ2) is 4.09. The highest BCUT2D eigenvalue weighted by Gasteiger charge is 2.52. The second-order valence-electron chi connectivity index (χ2n) is 6.62. The Hall–Kier alpha value is -1.32. The first-order valence-electron chi connectivity index (χ1n) is 6.96. The number of carbonyl (C=O) groups excluding carboxylic acids is 2. The van der Waals surface area contributed by atoms with Crippen LogP contribution in [0.15, 0.2) is 12.2 Å². The fraction of sp³-hybridized carbons (Fsp3) is 0.733. The van der Waals surface area contributed by atoms with Gasteiger partial charge in [-0.2, -0.15) is 0 Å². The number of fused-ring (bicyclic) bond motifs is 2. The van der Waals surface area contributed by atoms with Gasteiger partial charge in [-0.1, -0.05) is 20.4 Å². The van der Waals surface area contributed by atoms with Crippen LogP contribution >= 0.6 is 0 Å². The third kappa shape index (κ3) is 1.88. The van der Waals surface area contributed by atoms with Crippen LogP contribution < -0.4 is 0 Å². The van der Waals surface area contributed by atoms with Crippen molar-refractivity contribution in [2.24, 2.45) is 23.2 Å². The Bertz CT molecular complexity index is 455. The Kier molecular flexibility index (Phi) is 2.73. The molecule has 2 aliphatic heterocycles. The minimum absolute atomic E-state index is 0.0625. The highest BCUT2D eigenvalue weighted by molar-refractivity contribution is 5.90. The van der Waals surface area contributed by atoms with Crippen molar-refractivity contribution in [2.45, 2.75) is 39.2 Å². The molecule has 0 aromatic rings. The van der Waals surface area contributed by atoms with Crippen LogP contribution in [0.25, 0.3) is 0 Å². The lowest BCUT2D eigenvalue weighted by Crippen LogP contribution is -2.42. The zero-order chi connectivity index (χ0) is 13.8. The Morgan fingerprint density at radius 1 is 1.37 bits per heavy atom. The molecule has 2 saturated heterocycles. The molecule has 0 spiro atoms. The van der Waals surface area contributed by atoms with Crippen LogP contribution in [0.4, 0.5) is 0 Å². The molecule has 1 saturated carbocycles. The van der Waals surface area contributed by atoms with E-state index in [0.29, 0.717) is 30.4 Å². The summed E-state index contributed by atoms with van der Waals surface area (Å²) in [6.45, 7) is 8.65. The smallest absolute Gasteiger partial charge is 0.334 e. The summed E-state index contributed by atoms with van der Waals surface area (Å²) in [7, 11) is 0. The normalized spacial score (nSPS) is 45.9. The topological polar surface area (TPSA) is 52.6 Å². The number of cyclic esters (lactones) is 1. The van der Waals surface area contributed by atoms with Crippen LogP contribution in [0.3, 0.4) is 0 Å². The quantitative estimate of drug-likeness (QED) is 0.496. The van der Waals surface area contributed by atoms with Gasteiger partial charge < -0.3 is 9.47 Å². The van der Waals surface area contributed by atoms with Gasteiger partial charge in [0.1, 0.15) is 6.10 Å². The largest absolute Gasteiger partial charge is 0.465 e. The van der Waals surface area contributed by atoms with Gasteiger partial charge in [0.05, 0.1) is 6.61 Å². The van der Waals surface area contributed by atoms with Crippen molar-refractivity contribution < 1.29 is 19.1 Å². The Morgan fingerprint density at radius 3 is 2.84 bits per heavy atom. The van der Waals surface area contributed by atoms with Crippen LogP contribution in [0.2, 0.25) is 0 Å². The van der Waals surface area contributed by atoms with Crippen LogP contribution in [-0.2, 0) is 19.1 Å². The summed E-state index contributed by atoms with van der Waals surface area (Å²) < 4.78 is 10.7. The van der Waals surface area contributed by atoms with Crippen LogP contribution in [-0.4, -0.2) is 24.6 Å². The predicted octanol–water partition coefficient (Wildman–Crippen LogP) is 2.08. The van der Waals surface area contributed by atoms with Gasteiger partial charge in [-0.15, -0.1) is 0 Å². The molecule has 104 valence electrons. The van der Waals surface area contributed by atoms with E-state index in [0.717, 1.165) is 12.8 Å². The molecule has 0 unspecified atom stereocenters.